The van der Waals surface area contributed by atoms with Crippen molar-refractivity contribution in [2.24, 2.45) is 10.9 Å². The van der Waals surface area contributed by atoms with Crippen molar-refractivity contribution in [1.29, 1.82) is 0 Å². The van der Waals surface area contributed by atoms with Crippen LogP contribution in [0.5, 0.6) is 0 Å². The Kier molecular flexibility index (Phi) is 9.21. The summed E-state index contributed by atoms with van der Waals surface area (Å²) in [6.07, 6.45) is 0. The summed E-state index contributed by atoms with van der Waals surface area (Å²) >= 11 is 0. The van der Waals surface area contributed by atoms with E-state index < -0.39 is 0 Å². The van der Waals surface area contributed by atoms with Crippen LogP contribution in [0.3, 0.4) is 0 Å². The first-order chi connectivity index (χ1) is 6.00. The molecule has 0 bridgehead atoms. The van der Waals surface area contributed by atoms with Crippen LogP contribution in [0.15, 0.2) is 16.1 Å². The highest BCUT2D eigenvalue weighted by Gasteiger charge is 2.07. The topological polar surface area (TPSA) is 12.4 Å². The van der Waals surface area contributed by atoms with Crippen molar-refractivity contribution in [2.45, 2.75) is 48.5 Å². The van der Waals surface area contributed by atoms with E-state index in [9.17, 15) is 0 Å². The molecule has 0 rings (SSSR count). The largest absolute Gasteiger partial charge is 0.293 e. The Labute approximate surface area is 84.0 Å². The van der Waals surface area contributed by atoms with Crippen LogP contribution < -0.4 is 0 Å². The highest BCUT2D eigenvalue weighted by molar-refractivity contribution is 5.99. The maximum absolute atomic E-state index is 4.19. The van der Waals surface area contributed by atoms with Gasteiger partial charge in [-0.15, -0.1) is 0 Å². The Morgan fingerprint density at radius 3 is 1.46 bits per heavy atom. The van der Waals surface area contributed by atoms with Crippen LogP contribution in [0.1, 0.15) is 48.5 Å². The number of allylic oxidation sites excluding steroid dienone is 2. The van der Waals surface area contributed by atoms with Gasteiger partial charge in [0.15, 0.2) is 0 Å². The van der Waals surface area contributed by atoms with E-state index in [0.717, 1.165) is 0 Å². The van der Waals surface area contributed by atoms with Gasteiger partial charge in [-0.2, -0.15) is 0 Å². The second-order valence-corrected chi connectivity index (χ2v) is 3.38. The highest BCUT2D eigenvalue weighted by atomic mass is 14.7. The molecular weight excluding hydrogens is 158 g/mol. The van der Waals surface area contributed by atoms with E-state index in [1.807, 2.05) is 20.9 Å². The van der Waals surface area contributed by atoms with Gasteiger partial charge in [-0.1, -0.05) is 33.3 Å². The molecule has 13 heavy (non-hydrogen) atoms. The Hall–Kier alpha value is -0.590. The summed E-state index contributed by atoms with van der Waals surface area (Å²) in [5.74, 6) is 0.587. The smallest absolute Gasteiger partial charge is 0.0347 e. The number of aliphatic imine (C=N–C) groups is 1. The van der Waals surface area contributed by atoms with Gasteiger partial charge < -0.3 is 0 Å². The molecular formula is C12H25N. The molecule has 0 amide bonds. The molecule has 1 nitrogen and oxygen atoms in total. The van der Waals surface area contributed by atoms with E-state index in [1.165, 1.54) is 16.9 Å². The fraction of sp³-hybridized carbons (Fsp3) is 0.750. The van der Waals surface area contributed by atoms with Crippen LogP contribution in [0, 0.1) is 5.92 Å². The molecule has 0 aromatic rings. The van der Waals surface area contributed by atoms with Crippen LogP contribution in [-0.2, 0) is 0 Å². The number of hydrogen-bond acceptors (Lipinski definition) is 1. The van der Waals surface area contributed by atoms with Crippen LogP contribution >= 0.6 is 0 Å². The predicted octanol–water partition coefficient (Wildman–Crippen LogP) is 4.10. The third-order valence-electron chi connectivity index (χ3n) is 1.84. The fourth-order valence-corrected chi connectivity index (χ4v) is 1.48. The minimum atomic E-state index is 0.587. The molecule has 1 heteroatoms. The number of nitrogens with zero attached hydrogens (tertiary/aromatic N) is 1. The van der Waals surface area contributed by atoms with Gasteiger partial charge in [-0.25, -0.2) is 0 Å². The van der Waals surface area contributed by atoms with E-state index >= 15 is 0 Å². The van der Waals surface area contributed by atoms with Gasteiger partial charge in [0.2, 0.25) is 0 Å². The van der Waals surface area contributed by atoms with Crippen molar-refractivity contribution in [3.8, 4) is 0 Å². The third-order valence-corrected chi connectivity index (χ3v) is 1.84. The summed E-state index contributed by atoms with van der Waals surface area (Å²) in [5.41, 5.74) is 3.94. The Bertz CT molecular complexity index is 181. The van der Waals surface area contributed by atoms with Crippen molar-refractivity contribution in [3.63, 3.8) is 0 Å². The summed E-state index contributed by atoms with van der Waals surface area (Å²) in [5, 5.41) is 0. The van der Waals surface area contributed by atoms with E-state index in [-0.39, 0.29) is 0 Å². The Morgan fingerprint density at radius 1 is 1.00 bits per heavy atom. The lowest BCUT2D eigenvalue weighted by Gasteiger charge is -2.12. The highest BCUT2D eigenvalue weighted by Crippen LogP contribution is 2.15. The summed E-state index contributed by atoms with van der Waals surface area (Å²) < 4.78 is 0. The van der Waals surface area contributed by atoms with E-state index in [1.54, 1.807) is 0 Å². The molecule has 0 aromatic carbocycles. The summed E-state index contributed by atoms with van der Waals surface area (Å²) in [6.45, 7) is 14.8. The normalized spacial score (nSPS) is 10.7. The number of hydrogen-bond donors (Lipinski definition) is 0. The summed E-state index contributed by atoms with van der Waals surface area (Å²) in [6, 6.07) is 0. The molecule has 0 saturated heterocycles. The van der Waals surface area contributed by atoms with Crippen molar-refractivity contribution >= 4 is 5.71 Å². The first-order valence-corrected chi connectivity index (χ1v) is 5.11. The van der Waals surface area contributed by atoms with E-state index in [2.05, 4.69) is 39.6 Å². The van der Waals surface area contributed by atoms with Gasteiger partial charge in [-0.05, 0) is 32.3 Å². The maximum Gasteiger partial charge on any atom is 0.0347 e. The third kappa shape index (κ3) is 5.62. The van der Waals surface area contributed by atoms with Gasteiger partial charge in [-0.3, -0.25) is 4.99 Å². The lowest BCUT2D eigenvalue weighted by Crippen LogP contribution is -2.06. The van der Waals surface area contributed by atoms with Crippen molar-refractivity contribution in [3.05, 3.63) is 11.1 Å². The summed E-state index contributed by atoms with van der Waals surface area (Å²) in [7, 11) is 1.85. The maximum atomic E-state index is 4.19. The van der Waals surface area contributed by atoms with Crippen LogP contribution in [0.25, 0.3) is 0 Å². The standard InChI is InChI=1S/C10H19N.C2H6/c1-7(2)10(8(3)4)9(5)11-6;1-2/h7H,1-6H3;1-2H3. The average Bonchev–Trinajstić information content (AvgIpc) is 2.06. The molecule has 0 fully saturated rings. The molecule has 0 aliphatic carbocycles. The molecule has 0 atom stereocenters. The Morgan fingerprint density at radius 2 is 1.38 bits per heavy atom. The van der Waals surface area contributed by atoms with E-state index in [4.69, 9.17) is 0 Å². The second-order valence-electron chi connectivity index (χ2n) is 3.38. The molecule has 0 radical (unpaired) electrons. The molecule has 0 aromatic heterocycles. The first-order valence-electron chi connectivity index (χ1n) is 5.11. The van der Waals surface area contributed by atoms with Gasteiger partial charge in [0, 0.05) is 12.8 Å². The van der Waals surface area contributed by atoms with Gasteiger partial charge in [0.1, 0.15) is 0 Å². The molecule has 0 aliphatic heterocycles. The van der Waals surface area contributed by atoms with Crippen molar-refractivity contribution < 1.29 is 0 Å². The molecule has 0 heterocycles. The van der Waals surface area contributed by atoms with Crippen molar-refractivity contribution in [1.82, 2.24) is 0 Å². The zero-order chi connectivity index (χ0) is 11.0. The quantitative estimate of drug-likeness (QED) is 0.572. The Balaban J connectivity index is 0. The SMILES string of the molecule is CC.CN=C(C)C(=C(C)C)C(C)C. The zero-order valence-corrected chi connectivity index (χ0v) is 10.5. The molecule has 78 valence electrons. The van der Waals surface area contributed by atoms with E-state index in [0.29, 0.717) is 5.92 Å². The average molecular weight is 183 g/mol. The summed E-state index contributed by atoms with van der Waals surface area (Å²) in [4.78, 5) is 4.19. The van der Waals surface area contributed by atoms with Crippen LogP contribution in [0.2, 0.25) is 0 Å². The molecule has 0 unspecified atom stereocenters. The van der Waals surface area contributed by atoms with Gasteiger partial charge in [0.05, 0.1) is 0 Å². The molecule has 0 saturated carbocycles. The van der Waals surface area contributed by atoms with Crippen LogP contribution in [-0.4, -0.2) is 12.8 Å². The molecule has 0 spiro atoms. The molecule has 0 aliphatic rings. The lowest BCUT2D eigenvalue weighted by atomic mass is 9.95. The fourth-order valence-electron chi connectivity index (χ4n) is 1.48. The predicted molar refractivity (Wildman–Crippen MR) is 63.6 cm³/mol. The second kappa shape index (κ2) is 8.03. The lowest BCUT2D eigenvalue weighted by molar-refractivity contribution is 0.789. The van der Waals surface area contributed by atoms with Gasteiger partial charge in [0.25, 0.3) is 0 Å². The van der Waals surface area contributed by atoms with Crippen molar-refractivity contribution in [2.75, 3.05) is 7.05 Å². The van der Waals surface area contributed by atoms with Crippen LogP contribution in [0.4, 0.5) is 0 Å². The minimum Gasteiger partial charge on any atom is -0.293 e. The van der Waals surface area contributed by atoms with Gasteiger partial charge >= 0.3 is 0 Å². The number of rotatable bonds is 2. The monoisotopic (exact) mass is 183 g/mol. The first kappa shape index (κ1) is 14.9. The zero-order valence-electron chi connectivity index (χ0n) is 10.5. The molecule has 0 N–H and O–H groups in total. The minimum absolute atomic E-state index is 0.587.